The van der Waals surface area contributed by atoms with Crippen molar-refractivity contribution in [3.63, 3.8) is 0 Å². The maximum Gasteiger partial charge on any atom is 0.362 e. The number of anilines is 2. The average molecular weight is 316 g/mol. The number of hydrogen-bond donors (Lipinski definition) is 1. The molecule has 8 nitrogen and oxygen atoms in total. The highest BCUT2D eigenvalue weighted by Crippen LogP contribution is 2.21. The van der Waals surface area contributed by atoms with Crippen LogP contribution >= 0.6 is 0 Å². The normalized spacial score (nSPS) is 15.7. The van der Waals surface area contributed by atoms with Gasteiger partial charge >= 0.3 is 5.97 Å². The molecule has 0 bridgehead atoms. The third-order valence-corrected chi connectivity index (χ3v) is 4.05. The summed E-state index contributed by atoms with van der Waals surface area (Å²) in [5, 5.41) is 7.71. The van der Waals surface area contributed by atoms with E-state index in [-0.39, 0.29) is 11.5 Å². The first kappa shape index (κ1) is 15.3. The Morgan fingerprint density at radius 3 is 2.35 bits per heavy atom. The van der Waals surface area contributed by atoms with Gasteiger partial charge in [-0.1, -0.05) is 5.21 Å². The van der Waals surface area contributed by atoms with Gasteiger partial charge in [0.05, 0.1) is 12.8 Å². The third kappa shape index (κ3) is 2.98. The number of piperazine rings is 1. The molecule has 1 aromatic carbocycles. The predicted octanol–water partition coefficient (Wildman–Crippen LogP) is 0.388. The molecule has 2 N–H and O–H groups in total. The molecule has 1 aromatic heterocycles. The van der Waals surface area contributed by atoms with Crippen LogP contribution in [0.25, 0.3) is 5.69 Å². The van der Waals surface area contributed by atoms with Crippen LogP contribution in [-0.2, 0) is 4.74 Å². The third-order valence-electron chi connectivity index (χ3n) is 4.05. The standard InChI is InChI=1S/C15H20N6O2/c1-19-7-9-20(10-8-19)11-3-5-12(6-4-11)21-14(16)13(17-18-21)15(22)23-2/h3-6H,7-10,16H2,1-2H3. The fourth-order valence-corrected chi connectivity index (χ4v) is 2.59. The zero-order chi connectivity index (χ0) is 16.4. The Kier molecular flexibility index (Phi) is 4.16. The number of carbonyl (C=O) groups is 1. The van der Waals surface area contributed by atoms with E-state index in [2.05, 4.69) is 31.9 Å². The first-order valence-corrected chi connectivity index (χ1v) is 7.43. The fraction of sp³-hybridized carbons (Fsp3) is 0.400. The van der Waals surface area contributed by atoms with Crippen molar-refractivity contribution >= 4 is 17.5 Å². The number of methoxy groups -OCH3 is 1. The minimum atomic E-state index is -0.595. The van der Waals surface area contributed by atoms with Crippen LogP contribution in [0.4, 0.5) is 11.5 Å². The molecular weight excluding hydrogens is 296 g/mol. The van der Waals surface area contributed by atoms with E-state index < -0.39 is 5.97 Å². The lowest BCUT2D eigenvalue weighted by Crippen LogP contribution is -2.44. The predicted molar refractivity (Wildman–Crippen MR) is 86.8 cm³/mol. The maximum atomic E-state index is 11.5. The van der Waals surface area contributed by atoms with Crippen LogP contribution in [-0.4, -0.2) is 66.2 Å². The Morgan fingerprint density at radius 1 is 1.13 bits per heavy atom. The number of benzene rings is 1. The van der Waals surface area contributed by atoms with Crippen molar-refractivity contribution in [1.82, 2.24) is 19.9 Å². The van der Waals surface area contributed by atoms with Gasteiger partial charge in [0.2, 0.25) is 5.69 Å². The summed E-state index contributed by atoms with van der Waals surface area (Å²) in [7, 11) is 3.42. The van der Waals surface area contributed by atoms with Crippen molar-refractivity contribution in [1.29, 1.82) is 0 Å². The van der Waals surface area contributed by atoms with Gasteiger partial charge in [0.25, 0.3) is 0 Å². The summed E-state index contributed by atoms with van der Waals surface area (Å²) in [6, 6.07) is 7.89. The van der Waals surface area contributed by atoms with Crippen LogP contribution in [0.3, 0.4) is 0 Å². The lowest BCUT2D eigenvalue weighted by Gasteiger charge is -2.34. The number of nitrogens with two attached hydrogens (primary N) is 1. The van der Waals surface area contributed by atoms with Crippen molar-refractivity contribution in [3.8, 4) is 5.69 Å². The highest BCUT2D eigenvalue weighted by molar-refractivity contribution is 5.92. The molecule has 0 spiro atoms. The van der Waals surface area contributed by atoms with E-state index in [4.69, 9.17) is 5.73 Å². The largest absolute Gasteiger partial charge is 0.464 e. The first-order valence-electron chi connectivity index (χ1n) is 7.43. The second-order valence-corrected chi connectivity index (χ2v) is 5.53. The topological polar surface area (TPSA) is 89.5 Å². The fourth-order valence-electron chi connectivity index (χ4n) is 2.59. The summed E-state index contributed by atoms with van der Waals surface area (Å²) in [6.45, 7) is 4.13. The van der Waals surface area contributed by atoms with Crippen molar-refractivity contribution < 1.29 is 9.53 Å². The van der Waals surface area contributed by atoms with Crippen molar-refractivity contribution in [3.05, 3.63) is 30.0 Å². The van der Waals surface area contributed by atoms with E-state index in [0.717, 1.165) is 37.6 Å². The van der Waals surface area contributed by atoms with E-state index >= 15 is 0 Å². The molecule has 0 saturated carbocycles. The van der Waals surface area contributed by atoms with E-state index in [1.54, 1.807) is 0 Å². The Balaban J connectivity index is 1.80. The van der Waals surface area contributed by atoms with Crippen LogP contribution < -0.4 is 10.6 Å². The average Bonchev–Trinajstić information content (AvgIpc) is 2.96. The number of nitrogen functional groups attached to an aromatic ring is 1. The minimum absolute atomic E-state index is 0.0237. The molecule has 0 atom stereocenters. The van der Waals surface area contributed by atoms with Gasteiger partial charge in [0, 0.05) is 31.9 Å². The van der Waals surface area contributed by atoms with Gasteiger partial charge in [-0.25, -0.2) is 4.79 Å². The van der Waals surface area contributed by atoms with Crippen molar-refractivity contribution in [2.45, 2.75) is 0 Å². The summed E-state index contributed by atoms with van der Waals surface area (Å²) in [4.78, 5) is 16.2. The molecule has 0 amide bonds. The molecule has 1 aliphatic rings. The quantitative estimate of drug-likeness (QED) is 0.819. The summed E-state index contributed by atoms with van der Waals surface area (Å²) < 4.78 is 6.06. The van der Waals surface area contributed by atoms with Gasteiger partial charge in [0.15, 0.2) is 5.82 Å². The Morgan fingerprint density at radius 2 is 1.74 bits per heavy atom. The molecule has 2 heterocycles. The Labute approximate surface area is 134 Å². The Bertz CT molecular complexity index is 688. The van der Waals surface area contributed by atoms with Gasteiger partial charge < -0.3 is 20.3 Å². The van der Waals surface area contributed by atoms with Crippen molar-refractivity contribution in [2.75, 3.05) is 51.0 Å². The number of hydrogen-bond acceptors (Lipinski definition) is 7. The molecule has 0 unspecified atom stereocenters. The van der Waals surface area contributed by atoms with E-state index in [1.807, 2.05) is 24.3 Å². The molecular formula is C15H20N6O2. The lowest BCUT2D eigenvalue weighted by molar-refractivity contribution is 0.0595. The molecule has 8 heteroatoms. The molecule has 3 rings (SSSR count). The summed E-state index contributed by atoms with van der Waals surface area (Å²) in [6.07, 6.45) is 0. The van der Waals surface area contributed by atoms with Crippen LogP contribution in [0.15, 0.2) is 24.3 Å². The SMILES string of the molecule is COC(=O)c1nnn(-c2ccc(N3CCN(C)CC3)cc2)c1N. The number of aromatic nitrogens is 3. The van der Waals surface area contributed by atoms with Gasteiger partial charge in [-0.2, -0.15) is 4.68 Å². The van der Waals surface area contributed by atoms with E-state index in [0.29, 0.717) is 0 Å². The van der Waals surface area contributed by atoms with E-state index in [9.17, 15) is 4.79 Å². The van der Waals surface area contributed by atoms with Crippen LogP contribution in [0.5, 0.6) is 0 Å². The van der Waals surface area contributed by atoms with Crippen LogP contribution in [0.1, 0.15) is 10.5 Å². The summed E-state index contributed by atoms with van der Waals surface area (Å²) in [5.41, 5.74) is 7.87. The molecule has 1 fully saturated rings. The summed E-state index contributed by atoms with van der Waals surface area (Å²) in [5.74, 6) is -0.424. The molecule has 1 aliphatic heterocycles. The minimum Gasteiger partial charge on any atom is -0.464 e. The smallest absolute Gasteiger partial charge is 0.362 e. The van der Waals surface area contributed by atoms with Gasteiger partial charge in [-0.05, 0) is 31.3 Å². The molecule has 23 heavy (non-hydrogen) atoms. The van der Waals surface area contributed by atoms with Gasteiger partial charge in [-0.15, -0.1) is 5.10 Å². The molecule has 122 valence electrons. The lowest BCUT2D eigenvalue weighted by atomic mass is 10.2. The first-order chi connectivity index (χ1) is 11.1. The monoisotopic (exact) mass is 316 g/mol. The summed E-state index contributed by atoms with van der Waals surface area (Å²) >= 11 is 0. The number of rotatable bonds is 3. The highest BCUT2D eigenvalue weighted by Gasteiger charge is 2.19. The second kappa shape index (κ2) is 6.25. The van der Waals surface area contributed by atoms with Crippen LogP contribution in [0.2, 0.25) is 0 Å². The molecule has 1 saturated heterocycles. The second-order valence-electron chi connectivity index (χ2n) is 5.53. The number of ether oxygens (including phenoxy) is 1. The molecule has 2 aromatic rings. The number of likely N-dealkylation sites (N-methyl/N-ethyl adjacent to an activating group) is 1. The van der Waals surface area contributed by atoms with Gasteiger partial charge in [-0.3, -0.25) is 0 Å². The zero-order valence-electron chi connectivity index (χ0n) is 13.3. The van der Waals surface area contributed by atoms with E-state index in [1.165, 1.54) is 11.8 Å². The zero-order valence-corrected chi connectivity index (χ0v) is 13.3. The Hall–Kier alpha value is -2.61. The number of nitrogens with zero attached hydrogens (tertiary/aromatic N) is 5. The van der Waals surface area contributed by atoms with Crippen LogP contribution in [0, 0.1) is 0 Å². The number of esters is 1. The number of carbonyl (C=O) groups excluding carboxylic acids is 1. The highest BCUT2D eigenvalue weighted by atomic mass is 16.5. The maximum absolute atomic E-state index is 11.5. The molecule has 0 radical (unpaired) electrons. The molecule has 0 aliphatic carbocycles. The van der Waals surface area contributed by atoms with Gasteiger partial charge in [0.1, 0.15) is 0 Å². The van der Waals surface area contributed by atoms with Crippen molar-refractivity contribution in [2.24, 2.45) is 0 Å².